The summed E-state index contributed by atoms with van der Waals surface area (Å²) in [6, 6.07) is 7.97. The Morgan fingerprint density at radius 3 is 3.08 bits per heavy atom. The number of piperidine rings is 1. The number of aromatic amines is 1. The lowest BCUT2D eigenvalue weighted by atomic mass is 9.96. The van der Waals surface area contributed by atoms with Crippen molar-refractivity contribution in [3.05, 3.63) is 29.8 Å². The molecule has 1 aromatic heterocycles. The molecule has 7 heteroatoms. The van der Waals surface area contributed by atoms with Crippen LogP contribution in [0.1, 0.15) is 42.5 Å². The maximum absolute atomic E-state index is 13.1. The molecule has 1 saturated heterocycles. The van der Waals surface area contributed by atoms with Crippen LogP contribution in [-0.2, 0) is 4.74 Å². The molecule has 1 aliphatic rings. The second kappa shape index (κ2) is 9.19. The summed E-state index contributed by atoms with van der Waals surface area (Å²) < 4.78 is 5.17. The topological polar surface area (TPSA) is 71.1 Å². The van der Waals surface area contributed by atoms with Gasteiger partial charge in [-0.25, -0.2) is 4.98 Å². The van der Waals surface area contributed by atoms with Crippen molar-refractivity contribution in [2.24, 2.45) is 0 Å². The van der Waals surface area contributed by atoms with Crippen LogP contribution in [-0.4, -0.2) is 58.5 Å². The number of hydrogen-bond donors (Lipinski definition) is 1. The van der Waals surface area contributed by atoms with Crippen molar-refractivity contribution in [3.8, 4) is 11.4 Å². The number of carbonyl (C=O) groups excluding carboxylic acids is 1. The highest BCUT2D eigenvalue weighted by molar-refractivity contribution is 7.98. The fourth-order valence-corrected chi connectivity index (χ4v) is 3.78. The number of methoxy groups -OCH3 is 1. The van der Waals surface area contributed by atoms with Gasteiger partial charge in [0, 0.05) is 37.4 Å². The van der Waals surface area contributed by atoms with Gasteiger partial charge in [-0.2, -0.15) is 0 Å². The normalized spacial score (nSPS) is 17.5. The summed E-state index contributed by atoms with van der Waals surface area (Å²) in [6.45, 7) is 1.58. The van der Waals surface area contributed by atoms with E-state index in [4.69, 9.17) is 4.74 Å². The van der Waals surface area contributed by atoms with E-state index in [-0.39, 0.29) is 5.91 Å². The van der Waals surface area contributed by atoms with Crippen LogP contribution in [0.5, 0.6) is 0 Å². The van der Waals surface area contributed by atoms with E-state index in [1.54, 1.807) is 7.11 Å². The molecule has 6 nitrogen and oxygen atoms in total. The van der Waals surface area contributed by atoms with Crippen molar-refractivity contribution in [2.75, 3.05) is 26.5 Å². The molecule has 140 valence electrons. The number of carbonyl (C=O) groups is 1. The molecule has 1 aromatic carbocycles. The molecule has 26 heavy (non-hydrogen) atoms. The predicted molar refractivity (Wildman–Crippen MR) is 103 cm³/mol. The third-order valence-electron chi connectivity index (χ3n) is 4.80. The number of amides is 1. The highest BCUT2D eigenvalue weighted by Gasteiger charge is 2.27. The number of H-pyrrole nitrogens is 1. The molecule has 2 aromatic rings. The lowest BCUT2D eigenvalue weighted by Crippen LogP contribution is -2.43. The van der Waals surface area contributed by atoms with Gasteiger partial charge in [0.05, 0.1) is 0 Å². The monoisotopic (exact) mass is 374 g/mol. The largest absolute Gasteiger partial charge is 0.385 e. The number of benzene rings is 1. The van der Waals surface area contributed by atoms with Crippen LogP contribution in [0.25, 0.3) is 11.4 Å². The van der Waals surface area contributed by atoms with E-state index in [0.29, 0.717) is 22.6 Å². The van der Waals surface area contributed by atoms with Crippen LogP contribution in [0, 0.1) is 0 Å². The van der Waals surface area contributed by atoms with Crippen LogP contribution in [0.3, 0.4) is 0 Å². The third kappa shape index (κ3) is 4.45. The van der Waals surface area contributed by atoms with Crippen LogP contribution in [0.2, 0.25) is 0 Å². The molecule has 1 atom stereocenters. The average molecular weight is 375 g/mol. The summed E-state index contributed by atoms with van der Waals surface area (Å²) in [6.07, 6.45) is 7.27. The molecule has 0 bridgehead atoms. The van der Waals surface area contributed by atoms with Crippen molar-refractivity contribution in [2.45, 2.75) is 43.3 Å². The molecule has 3 rings (SSSR count). The van der Waals surface area contributed by atoms with Gasteiger partial charge in [0.2, 0.25) is 5.16 Å². The Hall–Kier alpha value is -1.86. The zero-order valence-electron chi connectivity index (χ0n) is 15.4. The number of rotatable bonds is 7. The number of nitrogens with zero attached hydrogens (tertiary/aromatic N) is 3. The first-order chi connectivity index (χ1) is 12.7. The Morgan fingerprint density at radius 2 is 2.31 bits per heavy atom. The van der Waals surface area contributed by atoms with E-state index >= 15 is 0 Å². The minimum Gasteiger partial charge on any atom is -0.385 e. The summed E-state index contributed by atoms with van der Waals surface area (Å²) in [5, 5.41) is 7.79. The number of nitrogens with one attached hydrogen (secondary N) is 1. The zero-order valence-corrected chi connectivity index (χ0v) is 16.2. The number of hydrogen-bond acceptors (Lipinski definition) is 5. The fraction of sp³-hybridized carbons (Fsp3) is 0.526. The summed E-state index contributed by atoms with van der Waals surface area (Å²) in [7, 11) is 1.72. The van der Waals surface area contributed by atoms with E-state index < -0.39 is 0 Å². The number of aromatic nitrogens is 3. The van der Waals surface area contributed by atoms with Gasteiger partial charge in [0.15, 0.2) is 5.82 Å². The van der Waals surface area contributed by atoms with Crippen molar-refractivity contribution in [1.29, 1.82) is 0 Å². The third-order valence-corrected chi connectivity index (χ3v) is 5.35. The molecule has 1 aliphatic heterocycles. The van der Waals surface area contributed by atoms with Gasteiger partial charge >= 0.3 is 0 Å². The maximum atomic E-state index is 13.1. The first-order valence-corrected chi connectivity index (χ1v) is 10.3. The minimum absolute atomic E-state index is 0.110. The number of likely N-dealkylation sites (tertiary alicyclic amines) is 1. The molecule has 0 spiro atoms. The summed E-state index contributed by atoms with van der Waals surface area (Å²) in [5.41, 5.74) is 1.60. The Bertz CT molecular complexity index is 734. The highest BCUT2D eigenvalue weighted by Crippen LogP contribution is 2.25. The molecule has 2 heterocycles. The SMILES string of the molecule is COCCC[C@@H]1CCCCN1C(=O)c1cccc(-c2nc(SC)n[nH]2)c1. The van der Waals surface area contributed by atoms with Gasteiger partial charge in [0.1, 0.15) is 0 Å². The Kier molecular flexibility index (Phi) is 6.68. The van der Waals surface area contributed by atoms with Crippen LogP contribution < -0.4 is 0 Å². The first kappa shape index (κ1) is 18.9. The second-order valence-corrected chi connectivity index (χ2v) is 7.31. The quantitative estimate of drug-likeness (QED) is 0.592. The van der Waals surface area contributed by atoms with Gasteiger partial charge in [-0.1, -0.05) is 23.9 Å². The molecule has 0 aliphatic carbocycles. The highest BCUT2D eigenvalue weighted by atomic mass is 32.2. The van der Waals surface area contributed by atoms with E-state index in [1.807, 2.05) is 35.4 Å². The van der Waals surface area contributed by atoms with E-state index in [2.05, 4.69) is 15.2 Å². The van der Waals surface area contributed by atoms with E-state index in [0.717, 1.165) is 44.4 Å². The van der Waals surface area contributed by atoms with E-state index in [1.165, 1.54) is 18.2 Å². The molecule has 1 amide bonds. The Labute approximate surface area is 158 Å². The zero-order chi connectivity index (χ0) is 18.4. The molecular formula is C19H26N4O2S. The maximum Gasteiger partial charge on any atom is 0.254 e. The van der Waals surface area contributed by atoms with Gasteiger partial charge in [0.25, 0.3) is 5.91 Å². The van der Waals surface area contributed by atoms with Crippen molar-refractivity contribution in [3.63, 3.8) is 0 Å². The summed E-state index contributed by atoms with van der Waals surface area (Å²) in [5.74, 6) is 0.804. The molecule has 1 fully saturated rings. The van der Waals surface area contributed by atoms with Crippen LogP contribution in [0.15, 0.2) is 29.4 Å². The lowest BCUT2D eigenvalue weighted by molar-refractivity contribution is 0.0585. The van der Waals surface area contributed by atoms with Crippen LogP contribution in [0.4, 0.5) is 0 Å². The summed E-state index contributed by atoms with van der Waals surface area (Å²) in [4.78, 5) is 19.6. The van der Waals surface area contributed by atoms with Crippen molar-refractivity contribution >= 4 is 17.7 Å². The molecule has 0 radical (unpaired) electrons. The Balaban J connectivity index is 1.76. The molecule has 0 saturated carbocycles. The molecular weight excluding hydrogens is 348 g/mol. The molecule has 1 N–H and O–H groups in total. The van der Waals surface area contributed by atoms with Gasteiger partial charge in [-0.05, 0) is 50.5 Å². The Morgan fingerprint density at radius 1 is 1.42 bits per heavy atom. The number of ether oxygens (including phenoxy) is 1. The van der Waals surface area contributed by atoms with Crippen molar-refractivity contribution in [1.82, 2.24) is 20.1 Å². The smallest absolute Gasteiger partial charge is 0.254 e. The predicted octanol–water partition coefficient (Wildman–Crippen LogP) is 3.61. The number of thioether (sulfide) groups is 1. The van der Waals surface area contributed by atoms with Crippen molar-refractivity contribution < 1.29 is 9.53 Å². The van der Waals surface area contributed by atoms with Gasteiger partial charge in [-0.15, -0.1) is 5.10 Å². The second-order valence-electron chi connectivity index (χ2n) is 6.53. The lowest BCUT2D eigenvalue weighted by Gasteiger charge is -2.36. The average Bonchev–Trinajstić information content (AvgIpc) is 3.17. The first-order valence-electron chi connectivity index (χ1n) is 9.09. The molecule has 0 unspecified atom stereocenters. The summed E-state index contributed by atoms with van der Waals surface area (Å²) >= 11 is 1.49. The fourth-order valence-electron chi connectivity index (χ4n) is 3.46. The van der Waals surface area contributed by atoms with Gasteiger partial charge in [-0.3, -0.25) is 9.89 Å². The minimum atomic E-state index is 0.110. The van der Waals surface area contributed by atoms with Crippen LogP contribution >= 0.6 is 11.8 Å². The van der Waals surface area contributed by atoms with Gasteiger partial charge < -0.3 is 9.64 Å². The standard InChI is InChI=1S/C19H26N4O2S/c1-25-12-6-10-16-9-3-4-11-23(16)18(24)15-8-5-7-14(13-15)17-20-19(26-2)22-21-17/h5,7-8,13,16H,3-4,6,9-12H2,1-2H3,(H,20,21,22)/t16-/m0/s1. The van der Waals surface area contributed by atoms with E-state index in [9.17, 15) is 4.79 Å².